The van der Waals surface area contributed by atoms with Crippen molar-refractivity contribution in [1.29, 1.82) is 0 Å². The zero-order valence-electron chi connectivity index (χ0n) is 14.4. The van der Waals surface area contributed by atoms with E-state index in [1.54, 1.807) is 23.4 Å². The summed E-state index contributed by atoms with van der Waals surface area (Å²) in [5, 5.41) is 11.0. The van der Waals surface area contributed by atoms with Crippen molar-refractivity contribution in [3.63, 3.8) is 0 Å². The van der Waals surface area contributed by atoms with E-state index in [1.807, 2.05) is 6.07 Å². The molecule has 146 valence electrons. The van der Waals surface area contributed by atoms with Crippen LogP contribution in [0.5, 0.6) is 0 Å². The minimum absolute atomic E-state index is 0.0242. The molecule has 1 aromatic heterocycles. The summed E-state index contributed by atoms with van der Waals surface area (Å²) in [6.07, 6.45) is 8.94. The fraction of sp³-hybridized carbons (Fsp3) is 0.333. The minimum Gasteiger partial charge on any atom is -0.370 e. The molecule has 0 radical (unpaired) electrons. The minimum atomic E-state index is -4.40. The molecule has 1 aromatic rings. The Morgan fingerprint density at radius 1 is 1.48 bits per heavy atom. The van der Waals surface area contributed by atoms with Gasteiger partial charge in [-0.3, -0.25) is 4.98 Å². The summed E-state index contributed by atoms with van der Waals surface area (Å²) in [6.45, 7) is 1.31. The number of nitrogens with zero attached hydrogens (tertiary/aromatic N) is 2. The maximum atomic E-state index is 12.5. The topological polar surface area (TPSA) is 36.4 Å². The largest absolute Gasteiger partial charge is 0.412 e. The molecule has 1 aliphatic heterocycles. The second-order valence-corrected chi connectivity index (χ2v) is 7.72. The second-order valence-electron chi connectivity index (χ2n) is 5.62. The molecule has 1 aliphatic rings. The smallest absolute Gasteiger partial charge is 0.370 e. The Morgan fingerprint density at radius 2 is 2.15 bits per heavy atom. The monoisotopic (exact) mass is 434 g/mol. The van der Waals surface area contributed by atoms with Crippen molar-refractivity contribution in [1.82, 2.24) is 9.88 Å². The van der Waals surface area contributed by atoms with Gasteiger partial charge in [0.05, 0.1) is 0 Å². The van der Waals surface area contributed by atoms with Gasteiger partial charge >= 0.3 is 6.18 Å². The highest BCUT2D eigenvalue weighted by Crippen LogP contribution is 2.38. The van der Waals surface area contributed by atoms with E-state index in [4.69, 9.17) is 23.8 Å². The third-order valence-corrected chi connectivity index (χ3v) is 5.53. The number of halogens is 4. The van der Waals surface area contributed by atoms with E-state index in [0.29, 0.717) is 10.9 Å². The fourth-order valence-corrected chi connectivity index (χ4v) is 3.87. The standard InChI is InChI=1S/C16H16ClF3N2OS2.C2H2/c1-11(16(18,19)20)4-5-13(17)7-15(23)10-25-14(24)22(15)9-12-3-2-6-21-8-12;1-2/h2-6,8,23H,7,9-10H2,1H3;1-2H/b11-4+,13-5+;. The molecule has 0 aliphatic carbocycles. The first-order chi connectivity index (χ1) is 12.6. The summed E-state index contributed by atoms with van der Waals surface area (Å²) >= 11 is 12.6. The van der Waals surface area contributed by atoms with Crippen molar-refractivity contribution < 1.29 is 18.3 Å². The molecule has 0 amide bonds. The number of rotatable bonds is 5. The van der Waals surface area contributed by atoms with Crippen LogP contribution in [0.25, 0.3) is 0 Å². The van der Waals surface area contributed by atoms with Gasteiger partial charge in [-0.05, 0) is 24.6 Å². The zero-order valence-corrected chi connectivity index (χ0v) is 16.8. The van der Waals surface area contributed by atoms with Crippen LogP contribution in [0.2, 0.25) is 0 Å². The molecule has 0 bridgehead atoms. The van der Waals surface area contributed by atoms with Crippen molar-refractivity contribution in [3.8, 4) is 12.8 Å². The van der Waals surface area contributed by atoms with Gasteiger partial charge in [-0.15, -0.1) is 12.8 Å². The first kappa shape index (κ1) is 23.5. The molecule has 0 aromatic carbocycles. The Hall–Kier alpha value is -1.53. The number of hydrogen-bond acceptors (Lipinski definition) is 4. The predicted octanol–water partition coefficient (Wildman–Crippen LogP) is 4.87. The number of aliphatic hydroxyl groups is 1. The van der Waals surface area contributed by atoms with Gasteiger partial charge in [0.15, 0.2) is 5.72 Å². The lowest BCUT2D eigenvalue weighted by atomic mass is 10.1. The Kier molecular flexibility index (Phi) is 8.82. The molecule has 27 heavy (non-hydrogen) atoms. The first-order valence-electron chi connectivity index (χ1n) is 7.61. The number of hydrogen-bond donors (Lipinski definition) is 1. The van der Waals surface area contributed by atoms with E-state index in [2.05, 4.69) is 17.8 Å². The Balaban J connectivity index is 0.00000176. The number of thiocarbonyl (C=S) groups is 1. The third-order valence-electron chi connectivity index (χ3n) is 3.63. The zero-order chi connectivity index (χ0) is 20.7. The highest BCUT2D eigenvalue weighted by Gasteiger charge is 2.42. The van der Waals surface area contributed by atoms with Gasteiger partial charge in [-0.2, -0.15) is 13.2 Å². The molecular formula is C18H18ClF3N2OS2. The summed E-state index contributed by atoms with van der Waals surface area (Å²) in [6, 6.07) is 3.63. The highest BCUT2D eigenvalue weighted by molar-refractivity contribution is 8.23. The summed E-state index contributed by atoms with van der Waals surface area (Å²) in [5.41, 5.74) is -1.26. The molecule has 2 heterocycles. The number of alkyl halides is 3. The molecule has 1 N–H and O–H groups in total. The van der Waals surface area contributed by atoms with Crippen molar-refractivity contribution >= 4 is 39.9 Å². The van der Waals surface area contributed by atoms with Crippen LogP contribution in [0.4, 0.5) is 13.2 Å². The van der Waals surface area contributed by atoms with Crippen LogP contribution in [-0.4, -0.2) is 37.0 Å². The lowest BCUT2D eigenvalue weighted by Crippen LogP contribution is -2.46. The van der Waals surface area contributed by atoms with Gasteiger partial charge in [0, 0.05) is 41.7 Å². The van der Waals surface area contributed by atoms with Crippen molar-refractivity contribution in [3.05, 3.63) is 52.8 Å². The van der Waals surface area contributed by atoms with Crippen LogP contribution in [0.3, 0.4) is 0 Å². The average Bonchev–Trinajstić information content (AvgIpc) is 2.89. The van der Waals surface area contributed by atoms with E-state index < -0.39 is 17.5 Å². The molecule has 2 rings (SSSR count). The summed E-state index contributed by atoms with van der Waals surface area (Å²) in [7, 11) is 0. The van der Waals surface area contributed by atoms with Crippen molar-refractivity contribution in [2.75, 3.05) is 5.75 Å². The van der Waals surface area contributed by atoms with Crippen LogP contribution in [0.15, 0.2) is 47.3 Å². The number of pyridine rings is 1. The van der Waals surface area contributed by atoms with Crippen LogP contribution < -0.4 is 0 Å². The van der Waals surface area contributed by atoms with Gasteiger partial charge in [0.1, 0.15) is 4.32 Å². The maximum absolute atomic E-state index is 12.5. The van der Waals surface area contributed by atoms with Crippen LogP contribution in [0, 0.1) is 12.8 Å². The quantitative estimate of drug-likeness (QED) is 0.406. The van der Waals surface area contributed by atoms with Crippen LogP contribution in [-0.2, 0) is 6.54 Å². The third kappa shape index (κ3) is 6.85. The number of allylic oxidation sites excluding steroid dienone is 3. The Morgan fingerprint density at radius 3 is 2.70 bits per heavy atom. The van der Waals surface area contributed by atoms with Gasteiger partial charge in [0.2, 0.25) is 0 Å². The van der Waals surface area contributed by atoms with E-state index in [9.17, 15) is 18.3 Å². The normalized spacial score (nSPS) is 21.0. The van der Waals surface area contributed by atoms with Crippen molar-refractivity contribution in [2.24, 2.45) is 0 Å². The number of aromatic nitrogens is 1. The molecule has 0 spiro atoms. The second kappa shape index (κ2) is 10.1. The van der Waals surface area contributed by atoms with Crippen LogP contribution >= 0.6 is 35.6 Å². The van der Waals surface area contributed by atoms with E-state index in [-0.39, 0.29) is 17.2 Å². The number of terminal acetylenes is 1. The molecular weight excluding hydrogens is 417 g/mol. The van der Waals surface area contributed by atoms with Crippen molar-refractivity contribution in [2.45, 2.75) is 31.8 Å². The van der Waals surface area contributed by atoms with Gasteiger partial charge < -0.3 is 10.0 Å². The van der Waals surface area contributed by atoms with Gasteiger partial charge in [-0.1, -0.05) is 47.7 Å². The lowest BCUT2D eigenvalue weighted by molar-refractivity contribution is -0.0912. The van der Waals surface area contributed by atoms with Gasteiger partial charge in [0.25, 0.3) is 0 Å². The molecule has 1 atom stereocenters. The average molecular weight is 435 g/mol. The van der Waals surface area contributed by atoms with Crippen LogP contribution in [0.1, 0.15) is 18.9 Å². The van der Waals surface area contributed by atoms with Gasteiger partial charge in [-0.25, -0.2) is 0 Å². The molecule has 9 heteroatoms. The maximum Gasteiger partial charge on any atom is 0.412 e. The van der Waals surface area contributed by atoms with E-state index in [1.165, 1.54) is 11.8 Å². The fourth-order valence-electron chi connectivity index (χ4n) is 2.17. The summed E-state index contributed by atoms with van der Waals surface area (Å²) < 4.78 is 38.0. The summed E-state index contributed by atoms with van der Waals surface area (Å²) in [4.78, 5) is 5.65. The first-order valence-corrected chi connectivity index (χ1v) is 9.38. The molecule has 1 fully saturated rings. The SMILES string of the molecule is C#C.C/C(=C\C=C(\Cl)CC1(O)CSC(=S)N1Cc1cccnc1)C(F)(F)F. The Bertz CT molecular complexity index is 735. The number of thioether (sulfide) groups is 1. The molecule has 1 saturated heterocycles. The molecule has 3 nitrogen and oxygen atoms in total. The van der Waals surface area contributed by atoms with E-state index in [0.717, 1.165) is 24.6 Å². The molecule has 1 unspecified atom stereocenters. The predicted molar refractivity (Wildman–Crippen MR) is 108 cm³/mol. The Labute approximate surface area is 171 Å². The van der Waals surface area contributed by atoms with E-state index >= 15 is 0 Å². The lowest BCUT2D eigenvalue weighted by Gasteiger charge is -2.34. The molecule has 0 saturated carbocycles. The summed E-state index contributed by atoms with van der Waals surface area (Å²) in [5.74, 6) is 0.290. The highest BCUT2D eigenvalue weighted by atomic mass is 35.5.